The Morgan fingerprint density at radius 1 is 1.00 bits per heavy atom. The third-order valence-electron chi connectivity index (χ3n) is 2.91. The molecule has 0 fully saturated rings. The summed E-state index contributed by atoms with van der Waals surface area (Å²) in [6.07, 6.45) is 1.45. The van der Waals surface area contributed by atoms with Crippen molar-refractivity contribution in [2.45, 2.75) is 0 Å². The predicted octanol–water partition coefficient (Wildman–Crippen LogP) is 2.75. The first-order chi connectivity index (χ1) is 11.0. The molecule has 0 aliphatic rings. The number of rotatable bonds is 4. The molecule has 0 saturated carbocycles. The lowest BCUT2D eigenvalue weighted by Crippen LogP contribution is -2.38. The van der Waals surface area contributed by atoms with Crippen LogP contribution in [0.25, 0.3) is 6.08 Å². The molecule has 0 saturated heterocycles. The van der Waals surface area contributed by atoms with Gasteiger partial charge in [0.15, 0.2) is 0 Å². The summed E-state index contributed by atoms with van der Waals surface area (Å²) in [6.45, 7) is 0. The van der Waals surface area contributed by atoms with Crippen molar-refractivity contribution in [3.05, 3.63) is 75.4 Å². The number of hydrazine groups is 1. The van der Waals surface area contributed by atoms with E-state index in [0.717, 1.165) is 0 Å². The van der Waals surface area contributed by atoms with Crippen molar-refractivity contribution >= 4 is 41.1 Å². The maximum atomic E-state index is 12.2. The molecule has 0 aliphatic carbocycles. The summed E-state index contributed by atoms with van der Waals surface area (Å²) in [7, 11) is 0. The van der Waals surface area contributed by atoms with E-state index in [0.29, 0.717) is 21.2 Å². The molecule has 2 aromatic rings. The molecule has 0 bridgehead atoms. The van der Waals surface area contributed by atoms with Crippen LogP contribution in [0.2, 0.25) is 10.0 Å². The highest BCUT2D eigenvalue weighted by atomic mass is 35.5. The van der Waals surface area contributed by atoms with Crippen LogP contribution in [0.5, 0.6) is 0 Å². The minimum atomic E-state index is -0.639. The molecule has 23 heavy (non-hydrogen) atoms. The Kier molecular flexibility index (Phi) is 5.76. The summed E-state index contributed by atoms with van der Waals surface area (Å²) >= 11 is 11.8. The third kappa shape index (κ3) is 4.56. The molecule has 2 rings (SSSR count). The maximum absolute atomic E-state index is 12.2. The number of hydrogen-bond acceptors (Lipinski definition) is 3. The molecule has 7 heteroatoms. The van der Waals surface area contributed by atoms with Crippen LogP contribution in [0.1, 0.15) is 15.9 Å². The number of carbonyl (C=O) groups excluding carboxylic acids is 2. The molecule has 0 radical (unpaired) electrons. The van der Waals surface area contributed by atoms with Crippen molar-refractivity contribution in [1.29, 1.82) is 0 Å². The molecular formula is C16H13Cl2N3O2. The lowest BCUT2D eigenvalue weighted by atomic mass is 10.1. The number of benzene rings is 2. The van der Waals surface area contributed by atoms with Gasteiger partial charge >= 0.3 is 0 Å². The van der Waals surface area contributed by atoms with Gasteiger partial charge in [0.2, 0.25) is 0 Å². The van der Waals surface area contributed by atoms with Crippen molar-refractivity contribution < 1.29 is 9.59 Å². The number of halogens is 2. The van der Waals surface area contributed by atoms with E-state index in [-0.39, 0.29) is 5.70 Å². The van der Waals surface area contributed by atoms with Crippen molar-refractivity contribution in [1.82, 2.24) is 10.7 Å². The Labute approximate surface area is 143 Å². The van der Waals surface area contributed by atoms with Gasteiger partial charge in [0.1, 0.15) is 5.70 Å². The number of amides is 2. The topological polar surface area (TPSA) is 84.2 Å². The summed E-state index contributed by atoms with van der Waals surface area (Å²) in [5.41, 5.74) is 2.98. The van der Waals surface area contributed by atoms with Crippen LogP contribution in [-0.2, 0) is 4.79 Å². The van der Waals surface area contributed by atoms with Crippen LogP contribution >= 0.6 is 23.2 Å². The Hall–Kier alpha value is -2.34. The standard InChI is InChI=1S/C16H13Cl2N3O2/c17-12-7-6-10(8-13(12)18)9-14(16(23)21-19)20-15(22)11-4-2-1-3-5-11/h1-9H,19H2,(H,20,22)(H,21,23)/b14-9-. The minimum absolute atomic E-state index is 0.0141. The van der Waals surface area contributed by atoms with Crippen molar-refractivity contribution in [3.8, 4) is 0 Å². The van der Waals surface area contributed by atoms with Crippen LogP contribution < -0.4 is 16.6 Å². The van der Waals surface area contributed by atoms with Crippen molar-refractivity contribution in [2.75, 3.05) is 0 Å². The van der Waals surface area contributed by atoms with Crippen LogP contribution in [0.4, 0.5) is 0 Å². The minimum Gasteiger partial charge on any atom is -0.317 e. The lowest BCUT2D eigenvalue weighted by Gasteiger charge is -2.09. The van der Waals surface area contributed by atoms with Gasteiger partial charge in [-0.05, 0) is 35.9 Å². The summed E-state index contributed by atoms with van der Waals surface area (Å²) in [4.78, 5) is 24.0. The second kappa shape index (κ2) is 7.78. The van der Waals surface area contributed by atoms with Crippen LogP contribution in [0.15, 0.2) is 54.2 Å². The zero-order valence-electron chi connectivity index (χ0n) is 11.8. The smallest absolute Gasteiger partial charge is 0.281 e. The van der Waals surface area contributed by atoms with E-state index in [9.17, 15) is 9.59 Å². The summed E-state index contributed by atoms with van der Waals surface area (Å²) < 4.78 is 0. The van der Waals surface area contributed by atoms with Gasteiger partial charge in [-0.1, -0.05) is 47.5 Å². The predicted molar refractivity (Wildman–Crippen MR) is 90.7 cm³/mol. The van der Waals surface area contributed by atoms with E-state index in [2.05, 4.69) is 5.32 Å². The van der Waals surface area contributed by atoms with E-state index in [1.165, 1.54) is 6.08 Å². The Morgan fingerprint density at radius 2 is 1.70 bits per heavy atom. The average Bonchev–Trinajstić information content (AvgIpc) is 2.57. The van der Waals surface area contributed by atoms with Crippen LogP contribution in [0.3, 0.4) is 0 Å². The quantitative estimate of drug-likeness (QED) is 0.343. The first kappa shape index (κ1) is 17.0. The van der Waals surface area contributed by atoms with E-state index in [4.69, 9.17) is 29.0 Å². The molecule has 2 amide bonds. The molecule has 118 valence electrons. The molecule has 0 unspecified atom stereocenters. The van der Waals surface area contributed by atoms with Gasteiger partial charge in [0, 0.05) is 5.56 Å². The molecule has 0 heterocycles. The molecular weight excluding hydrogens is 337 g/mol. The van der Waals surface area contributed by atoms with Gasteiger partial charge < -0.3 is 5.32 Å². The highest BCUT2D eigenvalue weighted by Crippen LogP contribution is 2.23. The molecule has 2 aromatic carbocycles. The van der Waals surface area contributed by atoms with Gasteiger partial charge in [-0.15, -0.1) is 0 Å². The zero-order chi connectivity index (χ0) is 16.8. The molecule has 0 aliphatic heterocycles. The normalized spacial score (nSPS) is 11.0. The van der Waals surface area contributed by atoms with E-state index < -0.39 is 11.8 Å². The van der Waals surface area contributed by atoms with E-state index >= 15 is 0 Å². The van der Waals surface area contributed by atoms with Gasteiger partial charge in [-0.2, -0.15) is 0 Å². The lowest BCUT2D eigenvalue weighted by molar-refractivity contribution is -0.117. The Bertz CT molecular complexity index is 761. The number of carbonyl (C=O) groups is 2. The van der Waals surface area contributed by atoms with E-state index in [1.807, 2.05) is 5.43 Å². The molecule has 5 nitrogen and oxygen atoms in total. The van der Waals surface area contributed by atoms with Crippen LogP contribution in [0, 0.1) is 0 Å². The first-order valence-electron chi connectivity index (χ1n) is 6.55. The largest absolute Gasteiger partial charge is 0.317 e. The van der Waals surface area contributed by atoms with Gasteiger partial charge in [-0.25, -0.2) is 5.84 Å². The summed E-state index contributed by atoms with van der Waals surface area (Å²) in [5.74, 6) is 4.09. The Morgan fingerprint density at radius 3 is 2.30 bits per heavy atom. The number of nitrogens with two attached hydrogens (primary N) is 1. The second-order valence-corrected chi connectivity index (χ2v) is 5.34. The monoisotopic (exact) mass is 349 g/mol. The highest BCUT2D eigenvalue weighted by molar-refractivity contribution is 6.42. The van der Waals surface area contributed by atoms with Gasteiger partial charge in [0.25, 0.3) is 11.8 Å². The van der Waals surface area contributed by atoms with Crippen molar-refractivity contribution in [2.24, 2.45) is 5.84 Å². The van der Waals surface area contributed by atoms with Gasteiger partial charge in [-0.3, -0.25) is 15.0 Å². The SMILES string of the molecule is NNC(=O)/C(=C/c1ccc(Cl)c(Cl)c1)NC(=O)c1ccccc1. The maximum Gasteiger partial charge on any atom is 0.281 e. The fourth-order valence-electron chi connectivity index (χ4n) is 1.79. The van der Waals surface area contributed by atoms with Crippen LogP contribution in [-0.4, -0.2) is 11.8 Å². The fraction of sp³-hybridized carbons (Fsp3) is 0. The molecule has 0 aromatic heterocycles. The molecule has 0 atom stereocenters. The third-order valence-corrected chi connectivity index (χ3v) is 3.65. The van der Waals surface area contributed by atoms with E-state index in [1.54, 1.807) is 48.5 Å². The second-order valence-electron chi connectivity index (χ2n) is 4.53. The fourth-order valence-corrected chi connectivity index (χ4v) is 2.10. The number of hydrogen-bond donors (Lipinski definition) is 3. The molecule has 0 spiro atoms. The van der Waals surface area contributed by atoms with Crippen molar-refractivity contribution in [3.63, 3.8) is 0 Å². The summed E-state index contributed by atoms with van der Waals surface area (Å²) in [6, 6.07) is 13.3. The average molecular weight is 350 g/mol. The summed E-state index contributed by atoms with van der Waals surface area (Å²) in [5, 5.41) is 3.25. The zero-order valence-corrected chi connectivity index (χ0v) is 13.4. The Balaban J connectivity index is 2.30. The highest BCUT2D eigenvalue weighted by Gasteiger charge is 2.13. The number of nitrogens with one attached hydrogen (secondary N) is 2. The molecule has 4 N–H and O–H groups in total. The first-order valence-corrected chi connectivity index (χ1v) is 7.31. The van der Waals surface area contributed by atoms with Gasteiger partial charge in [0.05, 0.1) is 10.0 Å².